The second-order valence-electron chi connectivity index (χ2n) is 4.93. The molecule has 0 saturated carbocycles. The Kier molecular flexibility index (Phi) is 4.43. The van der Waals surface area contributed by atoms with Gasteiger partial charge in [0.1, 0.15) is 0 Å². The lowest BCUT2D eigenvalue weighted by atomic mass is 10.0. The minimum atomic E-state index is -0.433. The molecule has 1 heterocycles. The largest absolute Gasteiger partial charge is 0.461 e. The van der Waals surface area contributed by atoms with Crippen molar-refractivity contribution in [2.24, 2.45) is 0 Å². The van der Waals surface area contributed by atoms with Crippen LogP contribution in [0, 0.1) is 0 Å². The van der Waals surface area contributed by atoms with Crippen LogP contribution in [0.5, 0.6) is 0 Å². The summed E-state index contributed by atoms with van der Waals surface area (Å²) >= 11 is 0. The first-order valence-electron chi connectivity index (χ1n) is 7.44. The zero-order chi connectivity index (χ0) is 16.1. The van der Waals surface area contributed by atoms with Crippen molar-refractivity contribution in [1.82, 2.24) is 9.97 Å². The monoisotopic (exact) mass is 304 g/mol. The molecule has 2 aromatic carbocycles. The minimum absolute atomic E-state index is 0.268. The second kappa shape index (κ2) is 6.83. The molecule has 0 aliphatic rings. The van der Waals surface area contributed by atoms with Crippen LogP contribution in [0.15, 0.2) is 66.9 Å². The Morgan fingerprint density at radius 2 is 1.57 bits per heavy atom. The van der Waals surface area contributed by atoms with E-state index in [0.717, 1.165) is 16.7 Å². The molecular weight excluding hydrogens is 288 g/mol. The van der Waals surface area contributed by atoms with Gasteiger partial charge in [-0.1, -0.05) is 54.6 Å². The van der Waals surface area contributed by atoms with Crippen molar-refractivity contribution in [3.05, 3.63) is 72.6 Å². The molecule has 0 aliphatic carbocycles. The lowest BCUT2D eigenvalue weighted by molar-refractivity contribution is 0.0519. The van der Waals surface area contributed by atoms with E-state index in [0.29, 0.717) is 12.4 Å². The predicted octanol–water partition coefficient (Wildman–Crippen LogP) is 3.99. The molecule has 0 fully saturated rings. The van der Waals surface area contributed by atoms with Crippen molar-refractivity contribution in [2.45, 2.75) is 6.92 Å². The van der Waals surface area contributed by atoms with Gasteiger partial charge in [-0.25, -0.2) is 14.8 Å². The molecule has 4 nitrogen and oxygen atoms in total. The first kappa shape index (κ1) is 14.9. The van der Waals surface area contributed by atoms with Gasteiger partial charge in [0.15, 0.2) is 11.5 Å². The van der Waals surface area contributed by atoms with Crippen molar-refractivity contribution in [3.63, 3.8) is 0 Å². The van der Waals surface area contributed by atoms with E-state index in [1.54, 1.807) is 19.2 Å². The molecule has 0 radical (unpaired) electrons. The molecule has 0 unspecified atom stereocenters. The summed E-state index contributed by atoms with van der Waals surface area (Å²) in [4.78, 5) is 20.3. The summed E-state index contributed by atoms with van der Waals surface area (Å²) in [5.41, 5.74) is 3.40. The number of ether oxygens (including phenoxy) is 1. The van der Waals surface area contributed by atoms with Crippen LogP contribution >= 0.6 is 0 Å². The molecule has 4 heteroatoms. The van der Waals surface area contributed by atoms with Crippen molar-refractivity contribution in [1.29, 1.82) is 0 Å². The van der Waals surface area contributed by atoms with Gasteiger partial charge in [0, 0.05) is 11.8 Å². The molecule has 0 saturated heterocycles. The fourth-order valence-corrected chi connectivity index (χ4v) is 2.26. The summed E-state index contributed by atoms with van der Waals surface area (Å²) in [6, 6.07) is 19.6. The van der Waals surface area contributed by atoms with E-state index in [-0.39, 0.29) is 5.69 Å². The zero-order valence-corrected chi connectivity index (χ0v) is 12.8. The topological polar surface area (TPSA) is 52.1 Å². The standard InChI is InChI=1S/C19H16N2O2/c1-2-23-19(22)17-12-13-20-18(21-17)16-10-8-15(9-11-16)14-6-4-3-5-7-14/h3-13H,2H2,1H3. The van der Waals surface area contributed by atoms with E-state index in [1.165, 1.54) is 0 Å². The lowest BCUT2D eigenvalue weighted by Gasteiger charge is -2.05. The highest BCUT2D eigenvalue weighted by Crippen LogP contribution is 2.22. The lowest BCUT2D eigenvalue weighted by Crippen LogP contribution is -2.08. The Balaban J connectivity index is 1.88. The fourth-order valence-electron chi connectivity index (χ4n) is 2.26. The van der Waals surface area contributed by atoms with Crippen LogP contribution in [0.2, 0.25) is 0 Å². The SMILES string of the molecule is CCOC(=O)c1ccnc(-c2ccc(-c3ccccc3)cc2)n1. The zero-order valence-electron chi connectivity index (χ0n) is 12.8. The Bertz CT molecular complexity index is 799. The number of benzene rings is 2. The van der Waals surface area contributed by atoms with Gasteiger partial charge in [-0.05, 0) is 24.1 Å². The van der Waals surface area contributed by atoms with E-state index in [9.17, 15) is 4.79 Å². The molecule has 0 N–H and O–H groups in total. The van der Waals surface area contributed by atoms with Gasteiger partial charge in [-0.2, -0.15) is 0 Å². The number of hydrogen-bond acceptors (Lipinski definition) is 4. The molecule has 0 amide bonds. The summed E-state index contributed by atoms with van der Waals surface area (Å²) in [6.45, 7) is 2.09. The van der Waals surface area contributed by atoms with Gasteiger partial charge >= 0.3 is 5.97 Å². The third-order valence-corrected chi connectivity index (χ3v) is 3.39. The predicted molar refractivity (Wildman–Crippen MR) is 88.9 cm³/mol. The molecule has 114 valence electrons. The maximum absolute atomic E-state index is 11.8. The molecular formula is C19H16N2O2. The third-order valence-electron chi connectivity index (χ3n) is 3.39. The Hall–Kier alpha value is -3.01. The van der Waals surface area contributed by atoms with Gasteiger partial charge in [0.2, 0.25) is 0 Å². The number of aromatic nitrogens is 2. The number of rotatable bonds is 4. The summed E-state index contributed by atoms with van der Waals surface area (Å²) in [5, 5.41) is 0. The molecule has 0 atom stereocenters. The van der Waals surface area contributed by atoms with Gasteiger partial charge < -0.3 is 4.74 Å². The van der Waals surface area contributed by atoms with E-state index in [2.05, 4.69) is 22.1 Å². The van der Waals surface area contributed by atoms with Gasteiger partial charge in [0.05, 0.1) is 6.61 Å². The quantitative estimate of drug-likeness (QED) is 0.684. The second-order valence-corrected chi connectivity index (χ2v) is 4.93. The number of carbonyl (C=O) groups is 1. The van der Waals surface area contributed by atoms with Gasteiger partial charge in [-0.3, -0.25) is 0 Å². The fraction of sp³-hybridized carbons (Fsp3) is 0.105. The molecule has 3 aromatic rings. The van der Waals surface area contributed by atoms with Crippen molar-refractivity contribution in [2.75, 3.05) is 6.61 Å². The number of carbonyl (C=O) groups excluding carboxylic acids is 1. The van der Waals surface area contributed by atoms with Crippen LogP contribution < -0.4 is 0 Å². The van der Waals surface area contributed by atoms with Crippen LogP contribution in [0.4, 0.5) is 0 Å². The number of hydrogen-bond donors (Lipinski definition) is 0. The normalized spacial score (nSPS) is 10.3. The summed E-state index contributed by atoms with van der Waals surface area (Å²) in [6.07, 6.45) is 1.57. The Labute approximate surface area is 134 Å². The first-order chi connectivity index (χ1) is 11.3. The van der Waals surface area contributed by atoms with E-state index < -0.39 is 5.97 Å². The molecule has 1 aromatic heterocycles. The molecule has 23 heavy (non-hydrogen) atoms. The van der Waals surface area contributed by atoms with E-state index in [1.807, 2.05) is 42.5 Å². The van der Waals surface area contributed by atoms with E-state index >= 15 is 0 Å². The smallest absolute Gasteiger partial charge is 0.357 e. The van der Waals surface area contributed by atoms with Gasteiger partial charge in [-0.15, -0.1) is 0 Å². The maximum Gasteiger partial charge on any atom is 0.357 e. The average molecular weight is 304 g/mol. The summed E-state index contributed by atoms with van der Waals surface area (Å²) in [5.74, 6) is 0.0761. The molecule has 0 bridgehead atoms. The Morgan fingerprint density at radius 1 is 0.913 bits per heavy atom. The molecule has 3 rings (SSSR count). The molecule has 0 spiro atoms. The highest BCUT2D eigenvalue weighted by Gasteiger charge is 2.10. The van der Waals surface area contributed by atoms with Crippen molar-refractivity contribution < 1.29 is 9.53 Å². The number of esters is 1. The van der Waals surface area contributed by atoms with Crippen molar-refractivity contribution in [3.8, 4) is 22.5 Å². The maximum atomic E-state index is 11.8. The highest BCUT2D eigenvalue weighted by molar-refractivity contribution is 5.87. The molecule has 0 aliphatic heterocycles. The van der Waals surface area contributed by atoms with E-state index in [4.69, 9.17) is 4.74 Å². The average Bonchev–Trinajstić information content (AvgIpc) is 2.63. The van der Waals surface area contributed by atoms with Crippen LogP contribution in [0.25, 0.3) is 22.5 Å². The van der Waals surface area contributed by atoms with Crippen LogP contribution in [0.1, 0.15) is 17.4 Å². The van der Waals surface area contributed by atoms with Crippen LogP contribution in [-0.4, -0.2) is 22.5 Å². The third kappa shape index (κ3) is 3.43. The number of nitrogens with zero attached hydrogens (tertiary/aromatic N) is 2. The Morgan fingerprint density at radius 3 is 2.26 bits per heavy atom. The highest BCUT2D eigenvalue weighted by atomic mass is 16.5. The summed E-state index contributed by atoms with van der Waals surface area (Å²) < 4.78 is 4.97. The minimum Gasteiger partial charge on any atom is -0.461 e. The van der Waals surface area contributed by atoms with Gasteiger partial charge in [0.25, 0.3) is 0 Å². The summed E-state index contributed by atoms with van der Waals surface area (Å²) in [7, 11) is 0. The van der Waals surface area contributed by atoms with Crippen molar-refractivity contribution >= 4 is 5.97 Å². The van der Waals surface area contributed by atoms with Crippen LogP contribution in [0.3, 0.4) is 0 Å². The first-order valence-corrected chi connectivity index (χ1v) is 7.44. The van der Waals surface area contributed by atoms with Crippen LogP contribution in [-0.2, 0) is 4.74 Å².